The van der Waals surface area contributed by atoms with Gasteiger partial charge in [0.05, 0.1) is 10.7 Å². The van der Waals surface area contributed by atoms with Crippen molar-refractivity contribution in [2.75, 3.05) is 18.0 Å². The molecule has 0 saturated carbocycles. The van der Waals surface area contributed by atoms with Gasteiger partial charge in [-0.3, -0.25) is 0 Å². The highest BCUT2D eigenvalue weighted by molar-refractivity contribution is 9.10. The molecule has 18 heavy (non-hydrogen) atoms. The molecule has 1 N–H and O–H groups in total. The molecule has 4 heteroatoms. The molecule has 2 unspecified atom stereocenters. The number of rotatable bonds is 2. The third-order valence-corrected chi connectivity index (χ3v) is 4.67. The summed E-state index contributed by atoms with van der Waals surface area (Å²) in [6, 6.07) is 6.58. The molecule has 0 aliphatic carbocycles. The van der Waals surface area contributed by atoms with Gasteiger partial charge in [-0.1, -0.05) is 34.5 Å². The summed E-state index contributed by atoms with van der Waals surface area (Å²) in [6.07, 6.45) is 1.12. The lowest BCUT2D eigenvalue weighted by atomic mass is 9.93. The van der Waals surface area contributed by atoms with E-state index in [1.807, 2.05) is 6.07 Å². The highest BCUT2D eigenvalue weighted by atomic mass is 79.9. The SMILES string of the molecule is CCC1(C)CN(c2ccc(Br)cc2Cl)C(C)CN1. The van der Waals surface area contributed by atoms with E-state index >= 15 is 0 Å². The predicted molar refractivity (Wildman–Crippen MR) is 82.7 cm³/mol. The van der Waals surface area contributed by atoms with Gasteiger partial charge in [0, 0.05) is 29.1 Å². The summed E-state index contributed by atoms with van der Waals surface area (Å²) < 4.78 is 1.03. The lowest BCUT2D eigenvalue weighted by molar-refractivity contribution is 0.285. The fourth-order valence-electron chi connectivity index (χ4n) is 2.37. The van der Waals surface area contributed by atoms with Crippen LogP contribution in [0.4, 0.5) is 5.69 Å². The fraction of sp³-hybridized carbons (Fsp3) is 0.571. The zero-order chi connectivity index (χ0) is 13.3. The van der Waals surface area contributed by atoms with Crippen LogP contribution in [-0.4, -0.2) is 24.7 Å². The van der Waals surface area contributed by atoms with Gasteiger partial charge in [0.25, 0.3) is 0 Å². The minimum absolute atomic E-state index is 0.170. The lowest BCUT2D eigenvalue weighted by Gasteiger charge is -2.46. The van der Waals surface area contributed by atoms with Crippen LogP contribution in [0.25, 0.3) is 0 Å². The first-order chi connectivity index (χ1) is 8.45. The zero-order valence-electron chi connectivity index (χ0n) is 11.1. The van der Waals surface area contributed by atoms with Gasteiger partial charge in [0.2, 0.25) is 0 Å². The molecule has 1 aliphatic heterocycles. The molecular formula is C14H20BrClN2. The van der Waals surface area contributed by atoms with Gasteiger partial charge in [0.1, 0.15) is 0 Å². The average molecular weight is 332 g/mol. The maximum absolute atomic E-state index is 6.37. The summed E-state index contributed by atoms with van der Waals surface area (Å²) >= 11 is 9.83. The quantitative estimate of drug-likeness (QED) is 0.879. The van der Waals surface area contributed by atoms with Gasteiger partial charge in [-0.15, -0.1) is 0 Å². The molecule has 2 rings (SSSR count). The Kier molecular flexibility index (Phi) is 4.25. The molecule has 0 aromatic heterocycles. The van der Waals surface area contributed by atoms with Gasteiger partial charge < -0.3 is 10.2 Å². The van der Waals surface area contributed by atoms with Crippen LogP contribution in [0.1, 0.15) is 27.2 Å². The topological polar surface area (TPSA) is 15.3 Å². The van der Waals surface area contributed by atoms with Crippen LogP contribution in [-0.2, 0) is 0 Å². The van der Waals surface area contributed by atoms with Gasteiger partial charge >= 0.3 is 0 Å². The first kappa shape index (κ1) is 14.2. The van der Waals surface area contributed by atoms with Gasteiger partial charge in [-0.2, -0.15) is 0 Å². The number of hydrogen-bond donors (Lipinski definition) is 1. The van der Waals surface area contributed by atoms with Crippen molar-refractivity contribution < 1.29 is 0 Å². The molecule has 1 aromatic carbocycles. The van der Waals surface area contributed by atoms with Crippen molar-refractivity contribution in [2.45, 2.75) is 38.8 Å². The highest BCUT2D eigenvalue weighted by Gasteiger charge is 2.33. The molecule has 0 amide bonds. The van der Waals surface area contributed by atoms with E-state index in [1.54, 1.807) is 0 Å². The van der Waals surface area contributed by atoms with Crippen molar-refractivity contribution in [3.63, 3.8) is 0 Å². The van der Waals surface area contributed by atoms with Crippen LogP contribution in [0.2, 0.25) is 5.02 Å². The van der Waals surface area contributed by atoms with Gasteiger partial charge in [-0.25, -0.2) is 0 Å². The van der Waals surface area contributed by atoms with Crippen LogP contribution in [0, 0.1) is 0 Å². The van der Waals surface area contributed by atoms with Gasteiger partial charge in [0.15, 0.2) is 0 Å². The second-order valence-electron chi connectivity index (χ2n) is 5.37. The summed E-state index contributed by atoms with van der Waals surface area (Å²) in [7, 11) is 0. The van der Waals surface area contributed by atoms with Crippen LogP contribution < -0.4 is 10.2 Å². The van der Waals surface area contributed by atoms with E-state index in [1.165, 1.54) is 0 Å². The standard InChI is InChI=1S/C14H20BrClN2/c1-4-14(3)9-18(10(2)8-17-14)13-6-5-11(15)7-12(13)16/h5-7,10,17H,4,8-9H2,1-3H3. The summed E-state index contributed by atoms with van der Waals surface area (Å²) in [5.41, 5.74) is 1.30. The Morgan fingerprint density at radius 3 is 2.89 bits per heavy atom. The summed E-state index contributed by atoms with van der Waals surface area (Å²) in [5.74, 6) is 0. The number of anilines is 1. The second kappa shape index (κ2) is 5.40. The summed E-state index contributed by atoms with van der Waals surface area (Å²) in [6.45, 7) is 8.73. The monoisotopic (exact) mass is 330 g/mol. The lowest BCUT2D eigenvalue weighted by Crippen LogP contribution is -2.62. The number of halogens is 2. The van der Waals surface area contributed by atoms with Gasteiger partial charge in [-0.05, 0) is 38.5 Å². The number of piperazine rings is 1. The number of hydrogen-bond acceptors (Lipinski definition) is 2. The Labute approximate surface area is 123 Å². The maximum atomic E-state index is 6.37. The van der Waals surface area contributed by atoms with Crippen molar-refractivity contribution in [1.29, 1.82) is 0 Å². The molecule has 1 saturated heterocycles. The van der Waals surface area contributed by atoms with E-state index in [4.69, 9.17) is 11.6 Å². The Morgan fingerprint density at radius 1 is 1.56 bits per heavy atom. The number of nitrogens with one attached hydrogen (secondary N) is 1. The predicted octanol–water partition coefficient (Wildman–Crippen LogP) is 4.07. The molecule has 0 radical (unpaired) electrons. The molecule has 100 valence electrons. The van der Waals surface area contributed by atoms with Crippen LogP contribution in [0.5, 0.6) is 0 Å². The van der Waals surface area contributed by atoms with Crippen molar-refractivity contribution in [1.82, 2.24) is 5.32 Å². The van der Waals surface area contributed by atoms with E-state index in [0.717, 1.165) is 34.7 Å². The first-order valence-electron chi connectivity index (χ1n) is 6.42. The molecular weight excluding hydrogens is 312 g/mol. The molecule has 1 aromatic rings. The smallest absolute Gasteiger partial charge is 0.0650 e. The largest absolute Gasteiger partial charge is 0.365 e. The van der Waals surface area contributed by atoms with Crippen LogP contribution in [0.3, 0.4) is 0 Å². The Balaban J connectivity index is 2.30. The summed E-state index contributed by atoms with van der Waals surface area (Å²) in [5, 5.41) is 4.45. The van der Waals surface area contributed by atoms with E-state index in [-0.39, 0.29) is 5.54 Å². The Morgan fingerprint density at radius 2 is 2.28 bits per heavy atom. The second-order valence-corrected chi connectivity index (χ2v) is 6.69. The van der Waals surface area contributed by atoms with E-state index in [2.05, 4.69) is 59.1 Å². The molecule has 2 atom stereocenters. The molecule has 1 fully saturated rings. The van der Waals surface area contributed by atoms with E-state index in [0.29, 0.717) is 6.04 Å². The first-order valence-corrected chi connectivity index (χ1v) is 7.59. The zero-order valence-corrected chi connectivity index (χ0v) is 13.5. The highest BCUT2D eigenvalue weighted by Crippen LogP contribution is 2.33. The molecule has 1 heterocycles. The van der Waals surface area contributed by atoms with Crippen LogP contribution in [0.15, 0.2) is 22.7 Å². The Hall–Kier alpha value is -0.250. The summed E-state index contributed by atoms with van der Waals surface area (Å²) in [4.78, 5) is 2.41. The fourth-order valence-corrected chi connectivity index (χ4v) is 3.15. The van der Waals surface area contributed by atoms with E-state index < -0.39 is 0 Å². The minimum Gasteiger partial charge on any atom is -0.365 e. The molecule has 0 spiro atoms. The molecule has 2 nitrogen and oxygen atoms in total. The van der Waals surface area contributed by atoms with E-state index in [9.17, 15) is 0 Å². The third kappa shape index (κ3) is 2.84. The number of benzene rings is 1. The molecule has 1 aliphatic rings. The maximum Gasteiger partial charge on any atom is 0.0650 e. The van der Waals surface area contributed by atoms with Crippen molar-refractivity contribution >= 4 is 33.2 Å². The van der Waals surface area contributed by atoms with Crippen molar-refractivity contribution in [3.8, 4) is 0 Å². The van der Waals surface area contributed by atoms with Crippen molar-refractivity contribution in [2.24, 2.45) is 0 Å². The van der Waals surface area contributed by atoms with Crippen LogP contribution >= 0.6 is 27.5 Å². The number of nitrogens with zero attached hydrogens (tertiary/aromatic N) is 1. The molecule has 0 bridgehead atoms. The van der Waals surface area contributed by atoms with Crippen molar-refractivity contribution in [3.05, 3.63) is 27.7 Å². The normalized spacial score (nSPS) is 28.5. The minimum atomic E-state index is 0.170. The Bertz CT molecular complexity index is 438. The average Bonchev–Trinajstić information content (AvgIpc) is 2.33. The third-order valence-electron chi connectivity index (χ3n) is 3.88.